The van der Waals surface area contributed by atoms with Gasteiger partial charge in [-0.15, -0.1) is 12.4 Å². The Morgan fingerprint density at radius 3 is 2.88 bits per heavy atom. The lowest BCUT2D eigenvalue weighted by molar-refractivity contribution is -0.385. The smallest absolute Gasteiger partial charge is 0.287 e. The molecule has 94 valence electrons. The van der Waals surface area contributed by atoms with E-state index in [0.717, 1.165) is 25.2 Å². The van der Waals surface area contributed by atoms with Crippen molar-refractivity contribution < 1.29 is 4.92 Å². The fraction of sp³-hybridized carbons (Fsp3) is 0.500. The Morgan fingerprint density at radius 1 is 1.59 bits per heavy atom. The Bertz CT molecular complexity index is 384. The maximum atomic E-state index is 10.5. The van der Waals surface area contributed by atoms with E-state index in [9.17, 15) is 10.1 Å². The summed E-state index contributed by atoms with van der Waals surface area (Å²) in [5, 5.41) is 10.5. The standard InChI is InChI=1S/C10H14N4O2.ClH/c11-6-8-2-1-5-13(8)10-4-3-9(7-12-10)14(15)16;/h3-4,7-8H,1-2,5-6,11H2;1H. The van der Waals surface area contributed by atoms with E-state index in [-0.39, 0.29) is 18.1 Å². The molecule has 1 atom stereocenters. The normalized spacial score (nSPS) is 18.9. The molecule has 2 N–H and O–H groups in total. The lowest BCUT2D eigenvalue weighted by Crippen LogP contribution is -2.35. The molecule has 0 radical (unpaired) electrons. The third kappa shape index (κ3) is 2.83. The van der Waals surface area contributed by atoms with Gasteiger partial charge in [-0.2, -0.15) is 0 Å². The third-order valence-electron chi connectivity index (χ3n) is 2.89. The lowest BCUT2D eigenvalue weighted by atomic mass is 10.2. The summed E-state index contributed by atoms with van der Waals surface area (Å²) in [4.78, 5) is 16.3. The Hall–Kier alpha value is -1.40. The highest BCUT2D eigenvalue weighted by Crippen LogP contribution is 2.24. The quantitative estimate of drug-likeness (QED) is 0.653. The highest BCUT2D eigenvalue weighted by molar-refractivity contribution is 5.85. The van der Waals surface area contributed by atoms with Crippen LogP contribution in [-0.2, 0) is 0 Å². The van der Waals surface area contributed by atoms with E-state index in [1.54, 1.807) is 6.07 Å². The molecule has 2 heterocycles. The highest BCUT2D eigenvalue weighted by Gasteiger charge is 2.24. The molecule has 1 aromatic heterocycles. The van der Waals surface area contributed by atoms with E-state index in [1.807, 2.05) is 0 Å². The third-order valence-corrected chi connectivity index (χ3v) is 2.89. The fourth-order valence-corrected chi connectivity index (χ4v) is 2.04. The van der Waals surface area contributed by atoms with Crippen LogP contribution in [0.4, 0.5) is 11.5 Å². The average molecular weight is 259 g/mol. The van der Waals surface area contributed by atoms with Gasteiger partial charge in [0, 0.05) is 25.2 Å². The first-order chi connectivity index (χ1) is 7.72. The van der Waals surface area contributed by atoms with Crippen molar-refractivity contribution in [1.82, 2.24) is 4.98 Å². The van der Waals surface area contributed by atoms with Crippen LogP contribution in [-0.4, -0.2) is 29.0 Å². The number of aromatic nitrogens is 1. The lowest BCUT2D eigenvalue weighted by Gasteiger charge is -2.24. The summed E-state index contributed by atoms with van der Waals surface area (Å²) >= 11 is 0. The first-order valence-electron chi connectivity index (χ1n) is 5.29. The van der Waals surface area contributed by atoms with Crippen LogP contribution in [0.1, 0.15) is 12.8 Å². The first-order valence-corrected chi connectivity index (χ1v) is 5.29. The van der Waals surface area contributed by atoms with E-state index in [4.69, 9.17) is 5.73 Å². The maximum absolute atomic E-state index is 10.5. The predicted octanol–water partition coefficient (Wildman–Crippen LogP) is 1.34. The van der Waals surface area contributed by atoms with Crippen molar-refractivity contribution in [2.75, 3.05) is 18.0 Å². The van der Waals surface area contributed by atoms with Crippen molar-refractivity contribution in [3.8, 4) is 0 Å². The number of pyridine rings is 1. The number of anilines is 1. The number of hydrogen-bond donors (Lipinski definition) is 1. The van der Waals surface area contributed by atoms with Gasteiger partial charge < -0.3 is 10.6 Å². The highest BCUT2D eigenvalue weighted by atomic mass is 35.5. The van der Waals surface area contributed by atoms with Gasteiger partial charge >= 0.3 is 0 Å². The van der Waals surface area contributed by atoms with Gasteiger partial charge in [-0.05, 0) is 18.9 Å². The minimum atomic E-state index is -0.443. The van der Waals surface area contributed by atoms with E-state index < -0.39 is 4.92 Å². The molecule has 6 nitrogen and oxygen atoms in total. The molecule has 0 saturated carbocycles. The van der Waals surface area contributed by atoms with Gasteiger partial charge in [-0.3, -0.25) is 10.1 Å². The molecule has 17 heavy (non-hydrogen) atoms. The van der Waals surface area contributed by atoms with E-state index >= 15 is 0 Å². The molecule has 1 aliphatic rings. The molecule has 0 aliphatic carbocycles. The van der Waals surface area contributed by atoms with Crippen LogP contribution in [0.15, 0.2) is 18.3 Å². The van der Waals surface area contributed by atoms with Crippen molar-refractivity contribution in [3.05, 3.63) is 28.4 Å². The Kier molecular flexibility index (Phi) is 4.65. The van der Waals surface area contributed by atoms with Gasteiger partial charge in [0.05, 0.1) is 4.92 Å². The molecule has 1 aliphatic heterocycles. The molecule has 0 spiro atoms. The van der Waals surface area contributed by atoms with Gasteiger partial charge in [0.15, 0.2) is 0 Å². The molecule has 7 heteroatoms. The second-order valence-corrected chi connectivity index (χ2v) is 3.86. The van der Waals surface area contributed by atoms with E-state index in [1.165, 1.54) is 12.3 Å². The molecular weight excluding hydrogens is 244 g/mol. The van der Waals surface area contributed by atoms with Gasteiger partial charge in [-0.1, -0.05) is 0 Å². The van der Waals surface area contributed by atoms with Crippen molar-refractivity contribution in [2.45, 2.75) is 18.9 Å². The van der Waals surface area contributed by atoms with Gasteiger partial charge in [0.25, 0.3) is 5.69 Å². The zero-order valence-electron chi connectivity index (χ0n) is 9.28. The summed E-state index contributed by atoms with van der Waals surface area (Å²) in [6.07, 6.45) is 3.46. The van der Waals surface area contributed by atoms with Crippen LogP contribution in [0.2, 0.25) is 0 Å². The van der Waals surface area contributed by atoms with Crippen molar-refractivity contribution in [3.63, 3.8) is 0 Å². The molecule has 1 unspecified atom stereocenters. The van der Waals surface area contributed by atoms with Crippen molar-refractivity contribution in [1.29, 1.82) is 0 Å². The SMILES string of the molecule is Cl.NCC1CCCN1c1ccc([N+](=O)[O-])cn1. The second-order valence-electron chi connectivity index (χ2n) is 3.86. The van der Waals surface area contributed by atoms with Crippen molar-refractivity contribution in [2.24, 2.45) is 5.73 Å². The van der Waals surface area contributed by atoms with Crippen molar-refractivity contribution >= 4 is 23.9 Å². The molecular formula is C10H15ClN4O2. The largest absolute Gasteiger partial charge is 0.352 e. The summed E-state index contributed by atoms with van der Waals surface area (Å²) < 4.78 is 0. The topological polar surface area (TPSA) is 85.3 Å². The number of hydrogen-bond acceptors (Lipinski definition) is 5. The number of rotatable bonds is 3. The maximum Gasteiger partial charge on any atom is 0.287 e. The molecule has 1 fully saturated rings. The molecule has 2 rings (SSSR count). The second kappa shape index (κ2) is 5.79. The number of nitrogens with zero attached hydrogens (tertiary/aromatic N) is 3. The summed E-state index contributed by atoms with van der Waals surface area (Å²) in [6.45, 7) is 1.52. The zero-order valence-corrected chi connectivity index (χ0v) is 10.1. The average Bonchev–Trinajstić information content (AvgIpc) is 2.77. The van der Waals surface area contributed by atoms with E-state index in [2.05, 4.69) is 9.88 Å². The monoisotopic (exact) mass is 258 g/mol. The van der Waals surface area contributed by atoms with Crippen LogP contribution in [0.25, 0.3) is 0 Å². The Balaban J connectivity index is 0.00000144. The van der Waals surface area contributed by atoms with Crippen LogP contribution in [0.3, 0.4) is 0 Å². The Morgan fingerprint density at radius 2 is 2.35 bits per heavy atom. The number of nitrogens with two attached hydrogens (primary N) is 1. The molecule has 0 amide bonds. The van der Waals surface area contributed by atoms with Gasteiger partial charge in [0.1, 0.15) is 12.0 Å². The first kappa shape index (κ1) is 13.7. The minimum absolute atomic E-state index is 0. The predicted molar refractivity (Wildman–Crippen MR) is 67.6 cm³/mol. The summed E-state index contributed by atoms with van der Waals surface area (Å²) in [7, 11) is 0. The summed E-state index contributed by atoms with van der Waals surface area (Å²) in [5.41, 5.74) is 5.68. The number of halogens is 1. The van der Waals surface area contributed by atoms with Gasteiger partial charge in [-0.25, -0.2) is 4.98 Å². The number of nitro groups is 1. The summed E-state index contributed by atoms with van der Waals surface area (Å²) in [6, 6.07) is 3.48. The van der Waals surface area contributed by atoms with Gasteiger partial charge in [0.2, 0.25) is 0 Å². The molecule has 0 aromatic carbocycles. The van der Waals surface area contributed by atoms with Crippen LogP contribution >= 0.6 is 12.4 Å². The van der Waals surface area contributed by atoms with E-state index in [0.29, 0.717) is 12.6 Å². The van der Waals surface area contributed by atoms with Crippen LogP contribution in [0.5, 0.6) is 0 Å². The van der Waals surface area contributed by atoms with Crippen LogP contribution in [0, 0.1) is 10.1 Å². The molecule has 1 saturated heterocycles. The molecule has 1 aromatic rings. The fourth-order valence-electron chi connectivity index (χ4n) is 2.04. The summed E-state index contributed by atoms with van der Waals surface area (Å²) in [5.74, 6) is 0.776. The zero-order chi connectivity index (χ0) is 11.5. The minimum Gasteiger partial charge on any atom is -0.352 e. The Labute approximate surface area is 105 Å². The molecule has 0 bridgehead atoms. The van der Waals surface area contributed by atoms with Crippen LogP contribution < -0.4 is 10.6 Å².